The second-order valence-electron chi connectivity index (χ2n) is 17.1. The number of imidazole rings is 1. The van der Waals surface area contributed by atoms with Gasteiger partial charge in [-0.1, -0.05) is 39.2 Å². The van der Waals surface area contributed by atoms with E-state index >= 15 is 0 Å². The zero-order valence-corrected chi connectivity index (χ0v) is 38.0. The molecule has 1 saturated carbocycles. The predicted molar refractivity (Wildman–Crippen MR) is 243 cm³/mol. The molecule has 5 fully saturated rings. The maximum absolute atomic E-state index is 13.6. The Kier molecular flexibility index (Phi) is 15.8. The number of anilines is 3. The van der Waals surface area contributed by atoms with Crippen LogP contribution in [-0.2, 0) is 21.4 Å². The molecule has 10 rings (SSSR count). The number of halogens is 3. The number of aromatic nitrogens is 7. The highest BCUT2D eigenvalue weighted by Gasteiger charge is 2.34. The summed E-state index contributed by atoms with van der Waals surface area (Å²) in [6.07, 6.45) is 8.34. The van der Waals surface area contributed by atoms with Crippen molar-refractivity contribution in [1.29, 1.82) is 0 Å². The van der Waals surface area contributed by atoms with Crippen LogP contribution in [0.3, 0.4) is 0 Å². The standard InChI is InChI=1S/C21H25F2N7O2.C16H18N4O4.C6H12FN.C2H6/c22-19(23)18-16(13-30(27-18)14-4-2-1-3-5-14)25-21(31)15-12-24-29-7-6-17(26-20(15)29)28-8-10-32-11-9-28;1-18-14-10(19-7-9(21)8-19)3-2-4-11(14)20(16(18)24)12-5-6-13(22)17-15(12)23;1-8-4-2-3-6(7)5-8;1-2/h6-7,12-14,19H,1-5,8-11H2,(H,25,31);2-4,9,12,21H,5-8H2,1H3,(H,17,22,23);6H,2-5H2,1H3;1-2H3. The van der Waals surface area contributed by atoms with E-state index in [1.54, 1.807) is 24.0 Å². The van der Waals surface area contributed by atoms with Crippen LogP contribution in [0.2, 0.25) is 0 Å². The van der Waals surface area contributed by atoms with Crippen molar-refractivity contribution >= 4 is 51.6 Å². The molecule has 66 heavy (non-hydrogen) atoms. The van der Waals surface area contributed by atoms with Gasteiger partial charge in [0.05, 0.1) is 54.0 Å². The normalized spacial score (nSPS) is 20.7. The van der Waals surface area contributed by atoms with Gasteiger partial charge in [0.15, 0.2) is 11.3 Å². The minimum Gasteiger partial charge on any atom is -0.389 e. The number of hydrogen-bond acceptors (Lipinski definition) is 12. The highest BCUT2D eigenvalue weighted by Crippen LogP contribution is 2.34. The van der Waals surface area contributed by atoms with E-state index in [9.17, 15) is 37.5 Å². The number of hydrogen-bond donors (Lipinski definition) is 3. The number of nitrogens with one attached hydrogen (secondary N) is 2. The first-order chi connectivity index (χ1) is 31.9. The quantitative estimate of drug-likeness (QED) is 0.185. The van der Waals surface area contributed by atoms with Crippen molar-refractivity contribution in [3.63, 3.8) is 0 Å². The summed E-state index contributed by atoms with van der Waals surface area (Å²) in [5.74, 6) is -0.573. The van der Waals surface area contributed by atoms with Gasteiger partial charge in [0.2, 0.25) is 11.8 Å². The van der Waals surface area contributed by atoms with Gasteiger partial charge in [-0.3, -0.25) is 33.5 Å². The van der Waals surface area contributed by atoms with Gasteiger partial charge in [-0.25, -0.2) is 27.5 Å². The van der Waals surface area contributed by atoms with Gasteiger partial charge in [-0.15, -0.1) is 0 Å². The highest BCUT2D eigenvalue weighted by atomic mass is 19.3. The Morgan fingerprint density at radius 3 is 2.33 bits per heavy atom. The van der Waals surface area contributed by atoms with Gasteiger partial charge >= 0.3 is 5.69 Å². The molecule has 1 aliphatic carbocycles. The predicted octanol–water partition coefficient (Wildman–Crippen LogP) is 5.03. The Balaban J connectivity index is 0.000000167. The monoisotopic (exact) mass is 922 g/mol. The van der Waals surface area contributed by atoms with Crippen LogP contribution in [-0.4, -0.2) is 133 Å². The lowest BCUT2D eigenvalue weighted by Crippen LogP contribution is -2.51. The molecule has 0 spiro atoms. The maximum atomic E-state index is 13.6. The zero-order chi connectivity index (χ0) is 47.1. The summed E-state index contributed by atoms with van der Waals surface area (Å²) in [7, 11) is 3.64. The van der Waals surface area contributed by atoms with Crippen LogP contribution in [0.5, 0.6) is 0 Å². The summed E-state index contributed by atoms with van der Waals surface area (Å²) in [4.78, 5) is 60.0. The zero-order valence-electron chi connectivity index (χ0n) is 38.0. The van der Waals surface area contributed by atoms with Crippen molar-refractivity contribution < 1.29 is 37.4 Å². The van der Waals surface area contributed by atoms with Gasteiger partial charge in [-0.2, -0.15) is 10.2 Å². The third-order valence-electron chi connectivity index (χ3n) is 12.5. The molecule has 21 heteroatoms. The Morgan fingerprint density at radius 1 is 0.939 bits per heavy atom. The van der Waals surface area contributed by atoms with Crippen LogP contribution in [0.4, 0.5) is 30.4 Å². The van der Waals surface area contributed by atoms with E-state index in [-0.39, 0.29) is 41.4 Å². The molecular weight excluding hydrogens is 862 g/mol. The number of alkyl halides is 3. The van der Waals surface area contributed by atoms with E-state index in [0.717, 1.165) is 62.7 Å². The SMILES string of the molecule is CC.CN1CCCC(F)C1.Cn1c(=O)n(C2CCC(=O)NC2=O)c2cccc(N3CC(O)C3)c21.O=C(Nc1cn(C2CCCCC2)nc1C(F)F)c1cnn2ccc(N3CCOCC3)nc12. The molecule has 0 bridgehead atoms. The number of fused-ring (bicyclic) bond motifs is 2. The molecule has 0 radical (unpaired) electrons. The van der Waals surface area contributed by atoms with Crippen LogP contribution in [0, 0.1) is 0 Å². The third-order valence-corrected chi connectivity index (χ3v) is 12.5. The van der Waals surface area contributed by atoms with Crippen molar-refractivity contribution in [1.82, 2.24) is 43.7 Å². The first kappa shape index (κ1) is 48.1. The van der Waals surface area contributed by atoms with Crippen molar-refractivity contribution in [2.75, 3.05) is 74.6 Å². The fourth-order valence-electron chi connectivity index (χ4n) is 9.03. The van der Waals surface area contributed by atoms with Crippen molar-refractivity contribution in [2.45, 2.75) is 102 Å². The number of morpholine rings is 1. The Labute approximate surface area is 380 Å². The van der Waals surface area contributed by atoms with Crippen LogP contribution in [0.15, 0.2) is 47.7 Å². The first-order valence-corrected chi connectivity index (χ1v) is 23.0. The summed E-state index contributed by atoms with van der Waals surface area (Å²) >= 11 is 0. The minimum atomic E-state index is -2.79. The number of benzene rings is 1. The number of carbonyl (C=O) groups is 3. The number of aliphatic hydroxyl groups is 1. The topological polar surface area (TPSA) is 189 Å². The Morgan fingerprint density at radius 2 is 1.68 bits per heavy atom. The molecule has 1 aromatic carbocycles. The fraction of sp³-hybridized carbons (Fsp3) is 0.578. The molecule has 5 aliphatic rings. The summed E-state index contributed by atoms with van der Waals surface area (Å²) in [5.41, 5.74) is 2.17. The van der Waals surface area contributed by atoms with Crippen LogP contribution < -0.4 is 26.1 Å². The van der Waals surface area contributed by atoms with E-state index in [1.807, 2.05) is 48.9 Å². The molecule has 2 unspecified atom stereocenters. The summed E-state index contributed by atoms with van der Waals surface area (Å²) in [6, 6.07) is 6.78. The Bertz CT molecular complexity index is 2510. The van der Waals surface area contributed by atoms with Gasteiger partial charge in [0, 0.05) is 58.6 Å². The molecule has 8 heterocycles. The number of rotatable bonds is 7. The molecule has 3 N–H and O–H groups in total. The first-order valence-electron chi connectivity index (χ1n) is 23.0. The second kappa shape index (κ2) is 21.7. The van der Waals surface area contributed by atoms with Crippen molar-refractivity contribution in [3.8, 4) is 0 Å². The number of imide groups is 1. The van der Waals surface area contributed by atoms with Crippen molar-refractivity contribution in [2.24, 2.45) is 7.05 Å². The molecule has 358 valence electrons. The number of piperidine rings is 2. The summed E-state index contributed by atoms with van der Waals surface area (Å²) < 4.78 is 51.1. The van der Waals surface area contributed by atoms with Gasteiger partial charge in [0.25, 0.3) is 12.3 Å². The van der Waals surface area contributed by atoms with E-state index in [2.05, 4.69) is 30.7 Å². The number of aryl methyl sites for hydroxylation is 1. The van der Waals surface area contributed by atoms with Crippen LogP contribution in [0.1, 0.15) is 106 Å². The molecule has 5 aromatic rings. The average Bonchev–Trinajstić information content (AvgIpc) is 4.01. The lowest BCUT2D eigenvalue weighted by molar-refractivity contribution is -0.135. The number of amides is 3. The fourth-order valence-corrected chi connectivity index (χ4v) is 9.03. The average molecular weight is 923 g/mol. The van der Waals surface area contributed by atoms with E-state index < -0.39 is 36.1 Å². The highest BCUT2D eigenvalue weighted by molar-refractivity contribution is 6.08. The molecule has 2 atom stereocenters. The Hall–Kier alpha value is -5.80. The minimum absolute atomic E-state index is 0.0271. The van der Waals surface area contributed by atoms with Crippen molar-refractivity contribution in [3.05, 3.63) is 64.6 Å². The van der Waals surface area contributed by atoms with Crippen LogP contribution >= 0.6 is 0 Å². The number of ether oxygens (including phenoxy) is 1. The molecule has 18 nitrogen and oxygen atoms in total. The summed E-state index contributed by atoms with van der Waals surface area (Å²) in [6.45, 7) is 9.39. The lowest BCUT2D eigenvalue weighted by Gasteiger charge is -2.38. The molecule has 4 saturated heterocycles. The van der Waals surface area contributed by atoms with E-state index in [4.69, 9.17) is 4.74 Å². The lowest BCUT2D eigenvalue weighted by atomic mass is 9.96. The third kappa shape index (κ3) is 10.7. The molecule has 4 aliphatic heterocycles. The van der Waals surface area contributed by atoms with Gasteiger partial charge < -0.3 is 29.9 Å². The smallest absolute Gasteiger partial charge is 0.329 e. The number of β-amino-alcohol motifs (C(OH)–C–C–N with tert-alkyl or cyclic N) is 1. The van der Waals surface area contributed by atoms with E-state index in [1.165, 1.54) is 26.0 Å². The largest absolute Gasteiger partial charge is 0.389 e. The molecular formula is C45H61F3N12O6. The van der Waals surface area contributed by atoms with Gasteiger partial charge in [0.1, 0.15) is 23.6 Å². The second-order valence-corrected chi connectivity index (χ2v) is 17.1. The molecule has 4 aromatic heterocycles. The number of nitrogens with zero attached hydrogens (tertiary/aromatic N) is 10. The maximum Gasteiger partial charge on any atom is 0.329 e. The number of carbonyl (C=O) groups excluding carboxylic acids is 3. The number of aliphatic hydroxyl groups excluding tert-OH is 1. The van der Waals surface area contributed by atoms with Crippen LogP contribution in [0.25, 0.3) is 16.7 Å². The van der Waals surface area contributed by atoms with E-state index in [0.29, 0.717) is 69.3 Å². The number of para-hydroxylation sites is 1. The molecule has 3 amide bonds. The summed E-state index contributed by atoms with van der Waals surface area (Å²) in [5, 5.41) is 22.8. The van der Waals surface area contributed by atoms with Gasteiger partial charge in [-0.05, 0) is 63.9 Å². The number of likely N-dealkylation sites (tertiary alicyclic amines) is 1.